The van der Waals surface area contributed by atoms with Crippen LogP contribution in [0.4, 0.5) is 13.2 Å². The van der Waals surface area contributed by atoms with E-state index in [1.807, 2.05) is 0 Å². The molecule has 1 heterocycles. The first-order valence-electron chi connectivity index (χ1n) is 11.2. The van der Waals surface area contributed by atoms with Gasteiger partial charge < -0.3 is 14.6 Å². The summed E-state index contributed by atoms with van der Waals surface area (Å²) in [6.07, 6.45) is -5.03. The molecule has 1 N–H and O–H groups in total. The number of carboxylic acid groups (broad SMARTS) is 1. The van der Waals surface area contributed by atoms with Crippen molar-refractivity contribution in [2.75, 3.05) is 7.11 Å². The minimum absolute atomic E-state index is 0.170. The summed E-state index contributed by atoms with van der Waals surface area (Å²) < 4.78 is 55.8. The van der Waals surface area contributed by atoms with Crippen molar-refractivity contribution in [3.8, 4) is 5.75 Å². The Kier molecular flexibility index (Phi) is 7.03. The number of aromatic nitrogens is 2. The van der Waals surface area contributed by atoms with Crippen LogP contribution < -0.4 is 4.74 Å². The highest BCUT2D eigenvalue weighted by molar-refractivity contribution is 5.85. The molecule has 0 aliphatic rings. The van der Waals surface area contributed by atoms with Crippen LogP contribution in [-0.4, -0.2) is 34.1 Å². The maximum absolute atomic E-state index is 14.5. The number of fused-ring (bicyclic) bond motifs is 1. The molecule has 36 heavy (non-hydrogen) atoms. The largest absolute Gasteiger partial charge is 0.497 e. The van der Waals surface area contributed by atoms with Gasteiger partial charge in [-0.3, -0.25) is 9.48 Å². The van der Waals surface area contributed by atoms with Gasteiger partial charge in [-0.1, -0.05) is 54.6 Å². The number of benzene rings is 3. The molecule has 0 bridgehead atoms. The van der Waals surface area contributed by atoms with E-state index in [-0.39, 0.29) is 30.7 Å². The van der Waals surface area contributed by atoms with Crippen LogP contribution in [0, 0.1) is 0 Å². The minimum Gasteiger partial charge on any atom is -0.497 e. The fourth-order valence-corrected chi connectivity index (χ4v) is 3.97. The summed E-state index contributed by atoms with van der Waals surface area (Å²) in [5.74, 6) is -0.394. The molecule has 188 valence electrons. The van der Waals surface area contributed by atoms with E-state index in [0.717, 1.165) is 12.5 Å². The topological polar surface area (TPSA) is 73.6 Å². The Morgan fingerprint density at radius 2 is 1.64 bits per heavy atom. The van der Waals surface area contributed by atoms with E-state index in [4.69, 9.17) is 9.47 Å². The maximum atomic E-state index is 14.5. The zero-order valence-corrected chi connectivity index (χ0v) is 19.7. The van der Waals surface area contributed by atoms with Gasteiger partial charge >= 0.3 is 12.1 Å². The van der Waals surface area contributed by atoms with Gasteiger partial charge in [0, 0.05) is 5.39 Å². The fourth-order valence-electron chi connectivity index (χ4n) is 3.97. The number of ether oxygens (including phenoxy) is 2. The molecule has 4 aromatic rings. The third kappa shape index (κ3) is 5.21. The molecular weight excluding hydrogens is 473 g/mol. The first-order chi connectivity index (χ1) is 17.1. The van der Waals surface area contributed by atoms with Gasteiger partial charge in [-0.2, -0.15) is 18.3 Å². The van der Waals surface area contributed by atoms with Crippen molar-refractivity contribution in [1.29, 1.82) is 0 Å². The number of aliphatic carboxylic acids is 1. The number of alkyl halides is 3. The molecule has 0 aliphatic carbocycles. The van der Waals surface area contributed by atoms with Crippen LogP contribution >= 0.6 is 0 Å². The molecular formula is C27H25F3N2O4. The zero-order valence-electron chi connectivity index (χ0n) is 19.7. The van der Waals surface area contributed by atoms with Crippen LogP contribution in [0.2, 0.25) is 0 Å². The number of rotatable bonds is 9. The monoisotopic (exact) mass is 498 g/mol. The highest BCUT2D eigenvalue weighted by Crippen LogP contribution is 2.44. The first-order valence-corrected chi connectivity index (χ1v) is 11.2. The second-order valence-corrected chi connectivity index (χ2v) is 8.58. The van der Waals surface area contributed by atoms with Crippen molar-refractivity contribution >= 4 is 16.9 Å². The Labute approximate surface area is 205 Å². The molecule has 0 saturated carbocycles. The summed E-state index contributed by atoms with van der Waals surface area (Å²) in [5.41, 5.74) is -0.764. The van der Waals surface area contributed by atoms with E-state index in [9.17, 15) is 23.1 Å². The van der Waals surface area contributed by atoms with E-state index in [2.05, 4.69) is 5.10 Å². The molecule has 4 rings (SSSR count). The molecule has 0 saturated heterocycles. The van der Waals surface area contributed by atoms with Crippen molar-refractivity contribution < 1.29 is 32.5 Å². The van der Waals surface area contributed by atoms with Crippen molar-refractivity contribution in [2.24, 2.45) is 0 Å². The SMILES string of the molecule is COc1ccc(Cn2nc(C(C)(OCc3ccccc3)C(F)(F)F)c3ccc(CC(=O)O)cc32)cc1. The smallest absolute Gasteiger partial charge is 0.423 e. The quantitative estimate of drug-likeness (QED) is 0.320. The van der Waals surface area contributed by atoms with E-state index in [0.29, 0.717) is 22.4 Å². The summed E-state index contributed by atoms with van der Waals surface area (Å²) in [6.45, 7) is 0.880. The molecule has 1 unspecified atom stereocenters. The van der Waals surface area contributed by atoms with E-state index >= 15 is 0 Å². The van der Waals surface area contributed by atoms with Gasteiger partial charge in [-0.25, -0.2) is 0 Å². The van der Waals surface area contributed by atoms with Crippen molar-refractivity contribution in [1.82, 2.24) is 9.78 Å². The van der Waals surface area contributed by atoms with Gasteiger partial charge in [0.25, 0.3) is 0 Å². The van der Waals surface area contributed by atoms with Crippen LogP contribution in [0.3, 0.4) is 0 Å². The number of carboxylic acids is 1. The molecule has 3 aromatic carbocycles. The van der Waals surface area contributed by atoms with E-state index in [1.54, 1.807) is 67.8 Å². The van der Waals surface area contributed by atoms with Gasteiger partial charge in [0.05, 0.1) is 32.2 Å². The highest BCUT2D eigenvalue weighted by Gasteiger charge is 2.56. The Morgan fingerprint density at radius 3 is 2.25 bits per heavy atom. The molecule has 6 nitrogen and oxygen atoms in total. The van der Waals surface area contributed by atoms with E-state index < -0.39 is 17.7 Å². The van der Waals surface area contributed by atoms with E-state index in [1.165, 1.54) is 16.8 Å². The number of methoxy groups -OCH3 is 1. The molecule has 0 amide bonds. The predicted molar refractivity (Wildman–Crippen MR) is 128 cm³/mol. The van der Waals surface area contributed by atoms with Crippen LogP contribution in [-0.2, 0) is 34.7 Å². The maximum Gasteiger partial charge on any atom is 0.423 e. The van der Waals surface area contributed by atoms with Crippen LogP contribution in [0.5, 0.6) is 5.75 Å². The Morgan fingerprint density at radius 1 is 0.972 bits per heavy atom. The lowest BCUT2D eigenvalue weighted by Gasteiger charge is -2.31. The third-order valence-corrected chi connectivity index (χ3v) is 6.03. The third-order valence-electron chi connectivity index (χ3n) is 6.03. The fraction of sp³-hybridized carbons (Fsp3) is 0.259. The van der Waals surface area contributed by atoms with Crippen LogP contribution in [0.25, 0.3) is 10.9 Å². The first kappa shape index (κ1) is 25.2. The molecule has 9 heteroatoms. The van der Waals surface area contributed by atoms with Gasteiger partial charge in [0.2, 0.25) is 5.60 Å². The number of nitrogens with zero attached hydrogens (tertiary/aromatic N) is 2. The summed E-state index contributed by atoms with van der Waals surface area (Å²) in [5, 5.41) is 13.8. The number of halogens is 3. The average molecular weight is 499 g/mol. The summed E-state index contributed by atoms with van der Waals surface area (Å²) in [4.78, 5) is 11.3. The summed E-state index contributed by atoms with van der Waals surface area (Å²) >= 11 is 0. The molecule has 0 aliphatic heterocycles. The van der Waals surface area contributed by atoms with Crippen LogP contribution in [0.1, 0.15) is 29.3 Å². The number of hydrogen-bond acceptors (Lipinski definition) is 4. The molecule has 0 fully saturated rings. The van der Waals surface area contributed by atoms with Crippen LogP contribution in [0.15, 0.2) is 72.8 Å². The predicted octanol–water partition coefficient (Wildman–Crippen LogP) is 5.71. The summed E-state index contributed by atoms with van der Waals surface area (Å²) in [6, 6.07) is 20.3. The minimum atomic E-state index is -4.77. The molecule has 1 atom stereocenters. The Bertz CT molecular complexity index is 1350. The number of hydrogen-bond donors (Lipinski definition) is 1. The van der Waals surface area contributed by atoms with Gasteiger partial charge in [0.15, 0.2) is 0 Å². The zero-order chi connectivity index (χ0) is 25.9. The van der Waals surface area contributed by atoms with Crippen molar-refractivity contribution in [2.45, 2.75) is 38.3 Å². The lowest BCUT2D eigenvalue weighted by atomic mass is 9.96. The van der Waals surface area contributed by atoms with Gasteiger partial charge in [-0.05, 0) is 41.8 Å². The Balaban J connectivity index is 1.81. The Hall–Kier alpha value is -3.85. The standard InChI is InChI=1S/C27H25F3N2O4/c1-26(27(28,29)30,36-17-19-6-4-3-5-7-19)25-22-13-10-20(15-24(33)34)14-23(22)32(31-25)16-18-8-11-21(35-2)12-9-18/h3-14H,15-17H2,1-2H3,(H,33,34). The second-order valence-electron chi connectivity index (χ2n) is 8.58. The van der Waals surface area contributed by atoms with Gasteiger partial charge in [-0.15, -0.1) is 0 Å². The number of carbonyl (C=O) groups is 1. The molecule has 1 aromatic heterocycles. The second kappa shape index (κ2) is 10.0. The lowest BCUT2D eigenvalue weighted by Crippen LogP contribution is -2.42. The van der Waals surface area contributed by atoms with Crippen molar-refractivity contribution in [3.05, 3.63) is 95.2 Å². The van der Waals surface area contributed by atoms with Gasteiger partial charge in [0.1, 0.15) is 11.4 Å². The summed E-state index contributed by atoms with van der Waals surface area (Å²) in [7, 11) is 1.54. The normalized spacial score (nSPS) is 13.5. The molecule has 0 radical (unpaired) electrons. The van der Waals surface area contributed by atoms with Crippen molar-refractivity contribution in [3.63, 3.8) is 0 Å². The highest BCUT2D eigenvalue weighted by atomic mass is 19.4. The lowest BCUT2D eigenvalue weighted by molar-refractivity contribution is -0.282. The average Bonchev–Trinajstić information content (AvgIpc) is 3.20. The molecule has 0 spiro atoms.